The maximum atomic E-state index is 13.6. The third-order valence-corrected chi connectivity index (χ3v) is 8.80. The van der Waals surface area contributed by atoms with Crippen LogP contribution in [0, 0.1) is 11.3 Å². The van der Waals surface area contributed by atoms with E-state index >= 15 is 0 Å². The molecule has 1 aromatic carbocycles. The maximum absolute atomic E-state index is 13.6. The van der Waals surface area contributed by atoms with Crippen molar-refractivity contribution in [3.63, 3.8) is 0 Å². The van der Waals surface area contributed by atoms with Gasteiger partial charge in [-0.3, -0.25) is 14.0 Å². The van der Waals surface area contributed by atoms with Gasteiger partial charge in [0.2, 0.25) is 0 Å². The third-order valence-electron chi connectivity index (χ3n) is 8.80. The predicted octanol–water partition coefficient (Wildman–Crippen LogP) is 2.60. The fourth-order valence-corrected chi connectivity index (χ4v) is 7.02. The normalized spacial score (nSPS) is 22.2. The number of carbonyl (C=O) groups excluding carboxylic acids is 3. The van der Waals surface area contributed by atoms with E-state index < -0.39 is 0 Å². The zero-order valence-corrected chi connectivity index (χ0v) is 21.6. The van der Waals surface area contributed by atoms with Crippen LogP contribution in [0.5, 0.6) is 0 Å². The Hall–Kier alpha value is -4.75. The van der Waals surface area contributed by atoms with E-state index in [-0.39, 0.29) is 30.1 Å². The van der Waals surface area contributed by atoms with Crippen LogP contribution >= 0.6 is 0 Å². The zero-order chi connectivity index (χ0) is 27.1. The smallest absolute Gasteiger partial charge is 0.320 e. The molecule has 0 spiro atoms. The van der Waals surface area contributed by atoms with Gasteiger partial charge in [0.05, 0.1) is 41.0 Å². The minimum absolute atomic E-state index is 0.0321. The second kappa shape index (κ2) is 8.37. The molecule has 1 aliphatic carbocycles. The number of amides is 2. The molecule has 0 saturated carbocycles. The molecule has 2 bridgehead atoms. The highest BCUT2D eigenvalue weighted by atomic mass is 16.2. The molecule has 2 fully saturated rings. The number of imidazole rings is 1. The molecule has 2 unspecified atom stereocenters. The number of nitrogens with zero attached hydrogens (tertiary/aromatic N) is 6. The van der Waals surface area contributed by atoms with E-state index in [2.05, 4.69) is 20.9 Å². The average molecular weight is 532 g/mol. The summed E-state index contributed by atoms with van der Waals surface area (Å²) in [6.07, 6.45) is 6.19. The Bertz CT molecular complexity index is 1870. The van der Waals surface area contributed by atoms with E-state index in [0.717, 1.165) is 36.0 Å². The summed E-state index contributed by atoms with van der Waals surface area (Å²) in [5.41, 5.74) is 4.86. The van der Waals surface area contributed by atoms with Crippen LogP contribution in [0.25, 0.3) is 27.7 Å². The van der Waals surface area contributed by atoms with Crippen molar-refractivity contribution >= 4 is 45.3 Å². The molecule has 2 saturated heterocycles. The molecular weight excluding hydrogens is 506 g/mol. The largest absolute Gasteiger partial charge is 0.345 e. The van der Waals surface area contributed by atoms with Crippen molar-refractivity contribution in [2.24, 2.45) is 0 Å². The number of pyridine rings is 1. The molecule has 3 aromatic heterocycles. The van der Waals surface area contributed by atoms with Gasteiger partial charge in [0, 0.05) is 73.7 Å². The molecule has 4 aromatic rings. The number of rotatable bonds is 2. The van der Waals surface area contributed by atoms with Crippen LogP contribution in [0.1, 0.15) is 35.2 Å². The average Bonchev–Trinajstić information content (AvgIpc) is 3.77. The molecule has 3 aliphatic heterocycles. The molecule has 0 radical (unpaired) electrons. The van der Waals surface area contributed by atoms with E-state index in [9.17, 15) is 19.6 Å². The molecule has 2 amide bonds. The van der Waals surface area contributed by atoms with Crippen molar-refractivity contribution in [1.29, 1.82) is 5.26 Å². The summed E-state index contributed by atoms with van der Waals surface area (Å²) in [4.78, 5) is 48.5. The van der Waals surface area contributed by atoms with Gasteiger partial charge in [-0.05, 0) is 36.2 Å². The van der Waals surface area contributed by atoms with E-state index in [1.165, 1.54) is 0 Å². The van der Waals surface area contributed by atoms with Gasteiger partial charge in [-0.15, -0.1) is 0 Å². The first-order chi connectivity index (χ1) is 19.5. The fraction of sp³-hybridized carbons (Fsp3) is 0.300. The highest BCUT2D eigenvalue weighted by Crippen LogP contribution is 2.41. The van der Waals surface area contributed by atoms with Crippen LogP contribution in [0.2, 0.25) is 0 Å². The number of hydrogen-bond donors (Lipinski definition) is 1. The Balaban J connectivity index is 1.27. The van der Waals surface area contributed by atoms with Crippen molar-refractivity contribution in [1.82, 2.24) is 29.1 Å². The minimum Gasteiger partial charge on any atom is -0.345 e. The highest BCUT2D eigenvalue weighted by molar-refractivity contribution is 6.51. The first-order valence-corrected chi connectivity index (χ1v) is 13.6. The highest BCUT2D eigenvalue weighted by Gasteiger charge is 2.42. The lowest BCUT2D eigenvalue weighted by Crippen LogP contribution is -2.51. The summed E-state index contributed by atoms with van der Waals surface area (Å²) in [5, 5.41) is 14.1. The summed E-state index contributed by atoms with van der Waals surface area (Å²) >= 11 is 0. The maximum Gasteiger partial charge on any atom is 0.320 e. The van der Waals surface area contributed by atoms with Crippen LogP contribution < -0.4 is 5.32 Å². The second-order valence-corrected chi connectivity index (χ2v) is 11.1. The van der Waals surface area contributed by atoms with E-state index in [0.29, 0.717) is 59.3 Å². The van der Waals surface area contributed by atoms with Crippen LogP contribution in [0.3, 0.4) is 0 Å². The number of ketones is 2. The number of carbonyl (C=O) groups is 3. The number of allylic oxidation sites excluding steroid dienone is 2. The van der Waals surface area contributed by atoms with E-state index in [1.807, 2.05) is 50.9 Å². The molecule has 40 heavy (non-hydrogen) atoms. The number of nitriles is 1. The lowest BCUT2D eigenvalue weighted by molar-refractivity contribution is -0.119. The third kappa shape index (κ3) is 3.24. The summed E-state index contributed by atoms with van der Waals surface area (Å²) in [5.74, 6) is -0.470. The standard InChI is InChI=1S/C30H25N7O3/c31-11-17-7-18-14-35(30(40)37-15-19-9-20(37)12-32-19)6-5-34-16-22(21(8-17)29(18)34)27-24(38)10-25(39)28(27)23-13-33-26-3-1-2-4-36(23)26/h1-4,7-8,13,16,19-20,32H,5-6,9-10,12,14-15H2. The Morgan fingerprint density at radius 1 is 1.12 bits per heavy atom. The van der Waals surface area contributed by atoms with Crippen molar-refractivity contribution in [3.05, 3.63) is 71.3 Å². The van der Waals surface area contributed by atoms with Gasteiger partial charge >= 0.3 is 6.03 Å². The Labute approximate surface area is 229 Å². The van der Waals surface area contributed by atoms with Gasteiger partial charge in [-0.25, -0.2) is 9.78 Å². The zero-order valence-electron chi connectivity index (χ0n) is 21.6. The van der Waals surface area contributed by atoms with Crippen LogP contribution in [-0.2, 0) is 22.7 Å². The van der Waals surface area contributed by atoms with Crippen molar-refractivity contribution < 1.29 is 14.4 Å². The van der Waals surface area contributed by atoms with Crippen LogP contribution in [0.15, 0.2) is 48.9 Å². The number of urea groups is 1. The van der Waals surface area contributed by atoms with Crippen molar-refractivity contribution in [2.45, 2.75) is 38.0 Å². The molecule has 8 rings (SSSR count). The number of fused-ring (bicyclic) bond motifs is 3. The SMILES string of the molecule is N#Cc1cc2c3c(c1)c(C1=C(c4cnc5ccccn45)C(=O)CC1=O)cn3CCN(C(=O)N1CC3CC1CN3)C2. The molecule has 2 atom stereocenters. The number of hydrogen-bond acceptors (Lipinski definition) is 6. The number of nitrogens with one attached hydrogen (secondary N) is 1. The molecule has 4 aliphatic rings. The lowest BCUT2D eigenvalue weighted by Gasteiger charge is -2.33. The van der Waals surface area contributed by atoms with Crippen molar-refractivity contribution in [3.8, 4) is 6.07 Å². The Morgan fingerprint density at radius 3 is 2.80 bits per heavy atom. The fourth-order valence-electron chi connectivity index (χ4n) is 7.02. The number of benzene rings is 1. The first-order valence-electron chi connectivity index (χ1n) is 13.6. The molecule has 10 heteroatoms. The number of likely N-dealkylation sites (tertiary alicyclic amines) is 1. The number of Topliss-reactive ketones (excluding diaryl/α,β-unsaturated/α-hetero) is 2. The van der Waals surface area contributed by atoms with Gasteiger partial charge < -0.3 is 19.7 Å². The summed E-state index contributed by atoms with van der Waals surface area (Å²) in [7, 11) is 0. The monoisotopic (exact) mass is 531 g/mol. The number of piperazine rings is 1. The molecule has 10 nitrogen and oxygen atoms in total. The van der Waals surface area contributed by atoms with E-state index in [4.69, 9.17) is 0 Å². The van der Waals surface area contributed by atoms with Crippen molar-refractivity contribution in [2.75, 3.05) is 19.6 Å². The van der Waals surface area contributed by atoms with Gasteiger partial charge in [0.15, 0.2) is 11.6 Å². The summed E-state index contributed by atoms with van der Waals surface area (Å²) < 4.78 is 3.89. The first kappa shape index (κ1) is 23.2. The Morgan fingerprint density at radius 2 is 2.00 bits per heavy atom. The molecule has 1 N–H and O–H groups in total. The van der Waals surface area contributed by atoms with Crippen LogP contribution in [-0.4, -0.2) is 73.1 Å². The molecular formula is C30H25N7O3. The Kier molecular flexibility index (Phi) is 4.85. The van der Waals surface area contributed by atoms with Gasteiger partial charge in [0.1, 0.15) is 5.65 Å². The minimum atomic E-state index is -0.236. The van der Waals surface area contributed by atoms with E-state index in [1.54, 1.807) is 12.3 Å². The predicted molar refractivity (Wildman–Crippen MR) is 146 cm³/mol. The quantitative estimate of drug-likeness (QED) is 0.398. The molecule has 198 valence electrons. The van der Waals surface area contributed by atoms with Crippen LogP contribution in [0.4, 0.5) is 4.79 Å². The second-order valence-electron chi connectivity index (χ2n) is 11.1. The lowest BCUT2D eigenvalue weighted by atomic mass is 9.96. The summed E-state index contributed by atoms with van der Waals surface area (Å²) in [6, 6.07) is 12.1. The van der Waals surface area contributed by atoms with Gasteiger partial charge in [-0.2, -0.15) is 5.26 Å². The summed E-state index contributed by atoms with van der Waals surface area (Å²) in [6.45, 7) is 2.98. The van der Waals surface area contributed by atoms with Gasteiger partial charge in [0.25, 0.3) is 0 Å². The number of aromatic nitrogens is 3. The molecule has 6 heterocycles. The van der Waals surface area contributed by atoms with Gasteiger partial charge in [-0.1, -0.05) is 6.07 Å². The topological polar surface area (TPSA) is 116 Å².